The molecule has 0 unspecified atom stereocenters. The number of nitrogens with zero attached hydrogens (tertiary/aromatic N) is 1. The number of rotatable bonds is 7. The molecular formula is C13H22N2O. The van der Waals surface area contributed by atoms with Crippen LogP contribution in [-0.4, -0.2) is 33.8 Å². The molecule has 1 rings (SSSR count). The molecule has 1 N–H and O–H groups in total. The summed E-state index contributed by atoms with van der Waals surface area (Å²) in [7, 11) is 4.09. The first kappa shape index (κ1) is 13.0. The largest absolute Gasteiger partial charge is 0.378 e. The molecular weight excluding hydrogens is 200 g/mol. The molecule has 3 nitrogen and oxygen atoms in total. The fourth-order valence-corrected chi connectivity index (χ4v) is 1.44. The third-order valence-corrected chi connectivity index (χ3v) is 2.37. The van der Waals surface area contributed by atoms with E-state index in [0.717, 1.165) is 19.7 Å². The number of ether oxygens (including phenoxy) is 1. The summed E-state index contributed by atoms with van der Waals surface area (Å²) in [6, 6.07) is 8.42. The molecule has 0 aliphatic heterocycles. The van der Waals surface area contributed by atoms with Crippen LogP contribution in [0.1, 0.15) is 12.5 Å². The molecule has 0 fully saturated rings. The highest BCUT2D eigenvalue weighted by atomic mass is 16.5. The van der Waals surface area contributed by atoms with Gasteiger partial charge in [0.1, 0.15) is 0 Å². The van der Waals surface area contributed by atoms with Crippen LogP contribution in [0.2, 0.25) is 0 Å². The highest BCUT2D eigenvalue weighted by Crippen LogP contribution is 2.13. The molecule has 0 heterocycles. The van der Waals surface area contributed by atoms with Gasteiger partial charge in [-0.05, 0) is 24.2 Å². The number of anilines is 1. The van der Waals surface area contributed by atoms with Crippen molar-refractivity contribution in [2.75, 3.05) is 38.7 Å². The molecule has 0 spiro atoms. The molecule has 1 aromatic rings. The lowest BCUT2D eigenvalue weighted by Gasteiger charge is -2.13. The lowest BCUT2D eigenvalue weighted by molar-refractivity contribution is 0.123. The van der Waals surface area contributed by atoms with Crippen molar-refractivity contribution in [2.24, 2.45) is 0 Å². The molecule has 90 valence electrons. The van der Waals surface area contributed by atoms with Crippen LogP contribution in [-0.2, 0) is 11.3 Å². The van der Waals surface area contributed by atoms with E-state index < -0.39 is 0 Å². The van der Waals surface area contributed by atoms with Crippen molar-refractivity contribution < 1.29 is 4.74 Å². The van der Waals surface area contributed by atoms with Crippen molar-refractivity contribution in [2.45, 2.75) is 13.5 Å². The fourth-order valence-electron chi connectivity index (χ4n) is 1.44. The van der Waals surface area contributed by atoms with Crippen molar-refractivity contribution >= 4 is 5.69 Å². The first-order valence-electron chi connectivity index (χ1n) is 5.78. The Labute approximate surface area is 98.4 Å². The monoisotopic (exact) mass is 222 g/mol. The number of hydrogen-bond donors (Lipinski definition) is 1. The highest BCUT2D eigenvalue weighted by molar-refractivity contribution is 5.46. The summed E-state index contributed by atoms with van der Waals surface area (Å²) in [6.07, 6.45) is 0. The average molecular weight is 222 g/mol. The van der Waals surface area contributed by atoms with E-state index in [1.807, 2.05) is 14.1 Å². The topological polar surface area (TPSA) is 24.5 Å². The van der Waals surface area contributed by atoms with Gasteiger partial charge in [-0.2, -0.15) is 0 Å². The third-order valence-electron chi connectivity index (χ3n) is 2.37. The summed E-state index contributed by atoms with van der Waals surface area (Å²) in [4.78, 5) is 2.10. The van der Waals surface area contributed by atoms with Gasteiger partial charge in [0.2, 0.25) is 0 Å². The third kappa shape index (κ3) is 4.64. The summed E-state index contributed by atoms with van der Waals surface area (Å²) >= 11 is 0. The Morgan fingerprint density at radius 3 is 2.81 bits per heavy atom. The van der Waals surface area contributed by atoms with Crippen LogP contribution in [0.3, 0.4) is 0 Å². The van der Waals surface area contributed by atoms with E-state index in [4.69, 9.17) is 4.74 Å². The van der Waals surface area contributed by atoms with Crippen LogP contribution in [0.5, 0.6) is 0 Å². The maximum absolute atomic E-state index is 5.58. The number of nitrogens with one attached hydrogen (secondary N) is 1. The second-order valence-corrected chi connectivity index (χ2v) is 3.97. The molecule has 1 aromatic carbocycles. The molecule has 0 radical (unpaired) electrons. The zero-order chi connectivity index (χ0) is 11.8. The maximum atomic E-state index is 5.58. The van der Waals surface area contributed by atoms with Crippen molar-refractivity contribution in [1.82, 2.24) is 5.32 Å². The lowest BCUT2D eigenvalue weighted by atomic mass is 10.2. The van der Waals surface area contributed by atoms with Gasteiger partial charge in [-0.15, -0.1) is 0 Å². The quantitative estimate of drug-likeness (QED) is 0.713. The van der Waals surface area contributed by atoms with E-state index in [0.29, 0.717) is 6.61 Å². The van der Waals surface area contributed by atoms with E-state index in [1.54, 1.807) is 0 Å². The van der Waals surface area contributed by atoms with E-state index in [-0.39, 0.29) is 0 Å². The molecule has 0 aliphatic rings. The minimum absolute atomic E-state index is 0.688. The lowest BCUT2D eigenvalue weighted by Crippen LogP contribution is -2.18. The number of benzene rings is 1. The Balaban J connectivity index is 2.33. The number of hydrogen-bond acceptors (Lipinski definition) is 3. The molecule has 16 heavy (non-hydrogen) atoms. The Morgan fingerprint density at radius 1 is 1.31 bits per heavy atom. The second kappa shape index (κ2) is 7.25. The predicted molar refractivity (Wildman–Crippen MR) is 69.0 cm³/mol. The smallest absolute Gasteiger partial charge is 0.0718 e. The molecule has 0 aliphatic carbocycles. The Bertz CT molecular complexity index is 300. The Kier molecular flexibility index (Phi) is 5.90. The minimum atomic E-state index is 0.688. The van der Waals surface area contributed by atoms with Gasteiger partial charge in [0.15, 0.2) is 0 Å². The Hall–Kier alpha value is -1.06. The van der Waals surface area contributed by atoms with E-state index >= 15 is 0 Å². The first-order valence-corrected chi connectivity index (χ1v) is 5.78. The van der Waals surface area contributed by atoms with Crippen molar-refractivity contribution in [3.05, 3.63) is 29.8 Å². The van der Waals surface area contributed by atoms with Crippen LogP contribution >= 0.6 is 0 Å². The van der Waals surface area contributed by atoms with Gasteiger partial charge >= 0.3 is 0 Å². The molecule has 0 bridgehead atoms. The van der Waals surface area contributed by atoms with Crippen molar-refractivity contribution in [3.8, 4) is 0 Å². The van der Waals surface area contributed by atoms with Crippen LogP contribution in [0.25, 0.3) is 0 Å². The zero-order valence-electron chi connectivity index (χ0n) is 10.5. The maximum Gasteiger partial charge on any atom is 0.0718 e. The van der Waals surface area contributed by atoms with E-state index in [1.165, 1.54) is 11.3 Å². The second-order valence-electron chi connectivity index (χ2n) is 3.97. The van der Waals surface area contributed by atoms with Crippen molar-refractivity contribution in [3.63, 3.8) is 0 Å². The minimum Gasteiger partial charge on any atom is -0.378 e. The summed E-state index contributed by atoms with van der Waals surface area (Å²) in [6.45, 7) is 5.47. The van der Waals surface area contributed by atoms with Gasteiger partial charge in [0, 0.05) is 26.3 Å². The van der Waals surface area contributed by atoms with Gasteiger partial charge in [0.25, 0.3) is 0 Å². The highest BCUT2D eigenvalue weighted by Gasteiger charge is 1.97. The average Bonchev–Trinajstić information content (AvgIpc) is 2.29. The van der Waals surface area contributed by atoms with E-state index in [2.05, 4.69) is 41.4 Å². The van der Waals surface area contributed by atoms with Crippen LogP contribution in [0.4, 0.5) is 5.69 Å². The fraction of sp³-hybridized carbons (Fsp3) is 0.538. The predicted octanol–water partition coefficient (Wildman–Crippen LogP) is 1.88. The van der Waals surface area contributed by atoms with Gasteiger partial charge in [-0.1, -0.05) is 19.1 Å². The van der Waals surface area contributed by atoms with Crippen LogP contribution < -0.4 is 10.2 Å². The van der Waals surface area contributed by atoms with Crippen LogP contribution in [0.15, 0.2) is 24.3 Å². The molecule has 0 saturated heterocycles. The van der Waals surface area contributed by atoms with E-state index in [9.17, 15) is 0 Å². The van der Waals surface area contributed by atoms with Gasteiger partial charge in [-0.3, -0.25) is 0 Å². The zero-order valence-corrected chi connectivity index (χ0v) is 10.5. The standard InChI is InChI=1S/C13H22N2O/c1-4-14-8-9-16-11-12-6-5-7-13(10-12)15(2)3/h5-7,10,14H,4,8-9,11H2,1-3H3. The molecule has 0 atom stereocenters. The van der Waals surface area contributed by atoms with Crippen LogP contribution in [0, 0.1) is 0 Å². The normalized spacial score (nSPS) is 10.4. The molecule has 3 heteroatoms. The summed E-state index contributed by atoms with van der Waals surface area (Å²) in [5, 5.41) is 3.23. The molecule has 0 aromatic heterocycles. The molecule has 0 saturated carbocycles. The van der Waals surface area contributed by atoms with Gasteiger partial charge in [-0.25, -0.2) is 0 Å². The SMILES string of the molecule is CCNCCOCc1cccc(N(C)C)c1. The Morgan fingerprint density at radius 2 is 2.12 bits per heavy atom. The summed E-state index contributed by atoms with van der Waals surface area (Å²) < 4.78 is 5.58. The number of likely N-dealkylation sites (N-methyl/N-ethyl adjacent to an activating group) is 1. The first-order chi connectivity index (χ1) is 7.74. The summed E-state index contributed by atoms with van der Waals surface area (Å²) in [5.74, 6) is 0. The van der Waals surface area contributed by atoms with Gasteiger partial charge in [0.05, 0.1) is 13.2 Å². The molecule has 0 amide bonds. The van der Waals surface area contributed by atoms with Gasteiger partial charge < -0.3 is 15.0 Å². The summed E-state index contributed by atoms with van der Waals surface area (Å²) in [5.41, 5.74) is 2.44. The van der Waals surface area contributed by atoms with Crippen molar-refractivity contribution in [1.29, 1.82) is 0 Å².